The molecule has 0 spiro atoms. The van der Waals surface area contributed by atoms with E-state index in [2.05, 4.69) is 46.6 Å². The van der Waals surface area contributed by atoms with Crippen molar-refractivity contribution >= 4 is 12.4 Å². The van der Waals surface area contributed by atoms with Crippen molar-refractivity contribution in [3.63, 3.8) is 0 Å². The molecule has 2 aromatic heterocycles. The summed E-state index contributed by atoms with van der Waals surface area (Å²) in [6.45, 7) is 7.77. The van der Waals surface area contributed by atoms with Crippen molar-refractivity contribution in [2.75, 3.05) is 0 Å². The van der Waals surface area contributed by atoms with E-state index < -0.39 is 0 Å². The first-order valence-corrected chi connectivity index (χ1v) is 7.52. The Morgan fingerprint density at radius 1 is 0.870 bits per heavy atom. The van der Waals surface area contributed by atoms with Gasteiger partial charge >= 0.3 is 0 Å². The summed E-state index contributed by atoms with van der Waals surface area (Å²) in [6, 6.07) is 8.16. The Balaban J connectivity index is 1.56. The van der Waals surface area contributed by atoms with Gasteiger partial charge in [0.15, 0.2) is 0 Å². The highest BCUT2D eigenvalue weighted by Crippen LogP contribution is 2.33. The van der Waals surface area contributed by atoms with Crippen molar-refractivity contribution < 1.29 is 4.94 Å². The number of fused-ring (bicyclic) bond motifs is 2. The van der Waals surface area contributed by atoms with Crippen LogP contribution in [0.4, 0.5) is 0 Å². The molecule has 0 N–H and O–H groups in total. The Bertz CT molecular complexity index is 731. The quantitative estimate of drug-likeness (QED) is 0.760. The zero-order chi connectivity index (χ0) is 15.8. The SMILES string of the molecule is C=CN(ON(C=C)C1C=Cn2cccc21)C1C=Cn2cccc21. The minimum atomic E-state index is -0.0119. The van der Waals surface area contributed by atoms with Gasteiger partial charge in [-0.15, -0.1) is 0 Å². The summed E-state index contributed by atoms with van der Waals surface area (Å²) in [5, 5.41) is 3.47. The van der Waals surface area contributed by atoms with E-state index in [0.29, 0.717) is 0 Å². The van der Waals surface area contributed by atoms with Crippen LogP contribution >= 0.6 is 0 Å². The molecule has 0 radical (unpaired) electrons. The van der Waals surface area contributed by atoms with Crippen LogP contribution < -0.4 is 0 Å². The third kappa shape index (κ3) is 2.13. The zero-order valence-electron chi connectivity index (χ0n) is 12.7. The molecular formula is C18H18N4O. The van der Waals surface area contributed by atoms with Crippen LogP contribution in [0.3, 0.4) is 0 Å². The lowest BCUT2D eigenvalue weighted by Gasteiger charge is -2.32. The molecule has 2 unspecified atom stereocenters. The van der Waals surface area contributed by atoms with Crippen molar-refractivity contribution in [3.05, 3.63) is 85.8 Å². The second-order valence-corrected chi connectivity index (χ2v) is 5.42. The minimum Gasteiger partial charge on any atom is -0.325 e. The van der Waals surface area contributed by atoms with Crippen LogP contribution in [-0.4, -0.2) is 19.3 Å². The van der Waals surface area contributed by atoms with Gasteiger partial charge in [-0.25, -0.2) is 10.1 Å². The predicted molar refractivity (Wildman–Crippen MR) is 90.2 cm³/mol. The second kappa shape index (κ2) is 5.37. The molecule has 2 aliphatic heterocycles. The topological polar surface area (TPSA) is 25.6 Å². The summed E-state index contributed by atoms with van der Waals surface area (Å²) in [7, 11) is 0. The van der Waals surface area contributed by atoms with Gasteiger partial charge in [-0.3, -0.25) is 0 Å². The standard InChI is InChI=1S/C18H18N4O/c1-3-21(17-9-13-19-11-5-7-15(17)19)23-22(4-2)18-10-14-20-12-6-8-16(18)20/h3-14,17-18H,1-2H2. The molecule has 23 heavy (non-hydrogen) atoms. The van der Waals surface area contributed by atoms with Crippen molar-refractivity contribution in [1.29, 1.82) is 0 Å². The molecule has 0 aliphatic carbocycles. The third-order valence-electron chi connectivity index (χ3n) is 4.18. The molecule has 116 valence electrons. The van der Waals surface area contributed by atoms with E-state index in [4.69, 9.17) is 4.94 Å². The lowest BCUT2D eigenvalue weighted by Crippen LogP contribution is -2.32. The van der Waals surface area contributed by atoms with Gasteiger partial charge in [0, 0.05) is 37.2 Å². The molecule has 5 nitrogen and oxygen atoms in total. The fraction of sp³-hybridized carbons (Fsp3) is 0.111. The number of hydroxylamine groups is 4. The summed E-state index contributed by atoms with van der Waals surface area (Å²) in [6.07, 6.45) is 15.6. The second-order valence-electron chi connectivity index (χ2n) is 5.42. The van der Waals surface area contributed by atoms with Crippen molar-refractivity contribution in [2.45, 2.75) is 12.1 Å². The van der Waals surface area contributed by atoms with E-state index in [1.54, 1.807) is 22.5 Å². The van der Waals surface area contributed by atoms with E-state index in [9.17, 15) is 0 Å². The number of hydrogen-bond donors (Lipinski definition) is 0. The molecular weight excluding hydrogens is 288 g/mol. The Kier molecular flexibility index (Phi) is 3.20. The maximum absolute atomic E-state index is 6.07. The first kappa shape index (κ1) is 13.7. The first-order chi connectivity index (χ1) is 11.3. The van der Waals surface area contributed by atoms with Crippen LogP contribution in [0.1, 0.15) is 23.5 Å². The largest absolute Gasteiger partial charge is 0.325 e. The highest BCUT2D eigenvalue weighted by atomic mass is 16.8. The van der Waals surface area contributed by atoms with Crippen LogP contribution in [0.2, 0.25) is 0 Å². The fourth-order valence-electron chi connectivity index (χ4n) is 3.07. The first-order valence-electron chi connectivity index (χ1n) is 7.52. The van der Waals surface area contributed by atoms with E-state index in [-0.39, 0.29) is 12.1 Å². The number of aromatic nitrogens is 2. The van der Waals surface area contributed by atoms with Gasteiger partial charge in [0.05, 0.1) is 11.4 Å². The Morgan fingerprint density at radius 3 is 1.78 bits per heavy atom. The van der Waals surface area contributed by atoms with E-state index >= 15 is 0 Å². The van der Waals surface area contributed by atoms with Gasteiger partial charge in [-0.1, -0.05) is 13.2 Å². The summed E-state index contributed by atoms with van der Waals surface area (Å²) in [5.41, 5.74) is 2.28. The van der Waals surface area contributed by atoms with Gasteiger partial charge in [-0.2, -0.15) is 4.94 Å². The fourth-order valence-corrected chi connectivity index (χ4v) is 3.07. The molecule has 4 heterocycles. The average molecular weight is 306 g/mol. The normalized spacial score (nSPS) is 20.3. The van der Waals surface area contributed by atoms with Crippen LogP contribution in [0.25, 0.3) is 12.4 Å². The van der Waals surface area contributed by atoms with Crippen LogP contribution in [-0.2, 0) is 4.94 Å². The van der Waals surface area contributed by atoms with E-state index in [1.807, 2.05) is 36.9 Å². The van der Waals surface area contributed by atoms with E-state index in [0.717, 1.165) is 11.4 Å². The zero-order valence-corrected chi connectivity index (χ0v) is 12.7. The molecule has 0 aromatic carbocycles. The van der Waals surface area contributed by atoms with Gasteiger partial charge < -0.3 is 9.13 Å². The van der Waals surface area contributed by atoms with Crippen LogP contribution in [0, 0.1) is 0 Å². The summed E-state index contributed by atoms with van der Waals surface area (Å²) in [5.74, 6) is 0. The average Bonchev–Trinajstić information content (AvgIpc) is 3.30. The Morgan fingerprint density at radius 2 is 1.35 bits per heavy atom. The monoisotopic (exact) mass is 306 g/mol. The number of hydrogen-bond acceptors (Lipinski definition) is 3. The lowest BCUT2D eigenvalue weighted by atomic mass is 10.2. The Hall–Kier alpha value is -2.92. The third-order valence-corrected chi connectivity index (χ3v) is 4.18. The lowest BCUT2D eigenvalue weighted by molar-refractivity contribution is -0.302. The molecule has 0 amide bonds. The molecule has 0 saturated heterocycles. The molecule has 0 bridgehead atoms. The maximum Gasteiger partial charge on any atom is 0.118 e. The summed E-state index contributed by atoms with van der Waals surface area (Å²) < 4.78 is 4.15. The highest BCUT2D eigenvalue weighted by Gasteiger charge is 2.28. The number of nitrogens with zero attached hydrogens (tertiary/aromatic N) is 4. The van der Waals surface area contributed by atoms with Gasteiger partial charge in [-0.05, 0) is 36.4 Å². The highest BCUT2D eigenvalue weighted by molar-refractivity contribution is 5.41. The summed E-state index contributed by atoms with van der Waals surface area (Å²) in [4.78, 5) is 6.07. The van der Waals surface area contributed by atoms with Crippen molar-refractivity contribution in [3.8, 4) is 0 Å². The maximum atomic E-state index is 6.07. The van der Waals surface area contributed by atoms with Crippen molar-refractivity contribution in [1.82, 2.24) is 19.3 Å². The summed E-state index contributed by atoms with van der Waals surface area (Å²) >= 11 is 0. The Labute approximate surface area is 135 Å². The van der Waals surface area contributed by atoms with Gasteiger partial charge in [0.2, 0.25) is 0 Å². The molecule has 0 fully saturated rings. The molecule has 4 rings (SSSR count). The molecule has 5 heteroatoms. The molecule has 2 aromatic rings. The van der Waals surface area contributed by atoms with Crippen molar-refractivity contribution in [2.24, 2.45) is 0 Å². The number of rotatable bonds is 6. The smallest absolute Gasteiger partial charge is 0.118 e. The van der Waals surface area contributed by atoms with Crippen LogP contribution in [0.5, 0.6) is 0 Å². The molecule has 2 aliphatic rings. The molecule has 0 saturated carbocycles. The van der Waals surface area contributed by atoms with E-state index in [1.165, 1.54) is 0 Å². The van der Waals surface area contributed by atoms with Gasteiger partial charge in [0.1, 0.15) is 12.1 Å². The molecule has 2 atom stereocenters. The minimum absolute atomic E-state index is 0.0119. The predicted octanol–water partition coefficient (Wildman–Crippen LogP) is 3.78. The van der Waals surface area contributed by atoms with Crippen LogP contribution in [0.15, 0.2) is 74.4 Å². The van der Waals surface area contributed by atoms with Gasteiger partial charge in [0.25, 0.3) is 0 Å².